The van der Waals surface area contributed by atoms with Crippen LogP contribution in [-0.2, 0) is 4.74 Å². The van der Waals surface area contributed by atoms with Crippen LogP contribution in [0.5, 0.6) is 0 Å². The molecule has 4 unspecified atom stereocenters. The summed E-state index contributed by atoms with van der Waals surface area (Å²) in [6, 6.07) is 15.2. The number of hydrogen-bond donors (Lipinski definition) is 6. The first-order valence-corrected chi connectivity index (χ1v) is 10.8. The fourth-order valence-electron chi connectivity index (χ4n) is 3.60. The van der Waals surface area contributed by atoms with E-state index in [9.17, 15) is 15.3 Å². The zero-order valence-electron chi connectivity index (χ0n) is 18.7. The van der Waals surface area contributed by atoms with Gasteiger partial charge in [-0.25, -0.2) is 0 Å². The lowest BCUT2D eigenvalue weighted by molar-refractivity contribution is -0.118. The Morgan fingerprint density at radius 2 is 1.32 bits per heavy atom. The predicted octanol–water partition coefficient (Wildman–Crippen LogP) is 1.47. The Morgan fingerprint density at radius 3 is 1.76 bits per heavy atom. The largest absolute Gasteiger partial charge is 0.399 e. The van der Waals surface area contributed by atoms with E-state index in [1.165, 1.54) is 0 Å². The number of rotatable bonds is 9. The number of aliphatic hydroxyl groups is 4. The number of nitrogens with two attached hydrogens (primary N) is 2. The van der Waals surface area contributed by atoms with Gasteiger partial charge < -0.3 is 36.6 Å². The highest BCUT2D eigenvalue weighted by atomic mass is 16.5. The molecule has 0 aromatic heterocycles. The Bertz CT molecular complexity index is 1010. The Hall–Kier alpha value is -3.27. The van der Waals surface area contributed by atoms with Crippen LogP contribution in [0.15, 0.2) is 83.4 Å². The minimum atomic E-state index is -1.47. The van der Waals surface area contributed by atoms with Gasteiger partial charge in [0.2, 0.25) is 0 Å². The van der Waals surface area contributed by atoms with E-state index in [1.807, 2.05) is 60.7 Å². The molecule has 0 saturated carbocycles. The van der Waals surface area contributed by atoms with Crippen LogP contribution in [0.3, 0.4) is 0 Å². The molecule has 2 aromatic rings. The lowest BCUT2D eigenvalue weighted by Gasteiger charge is -2.27. The third-order valence-corrected chi connectivity index (χ3v) is 5.51. The van der Waals surface area contributed by atoms with E-state index in [0.29, 0.717) is 17.1 Å². The molecule has 0 fully saturated rings. The van der Waals surface area contributed by atoms with Gasteiger partial charge >= 0.3 is 0 Å². The Morgan fingerprint density at radius 1 is 0.824 bits per heavy atom. The SMILES string of the molecule is [CH2]OC(C(O)CO)C(O)C(O)CN=C1C=CC(=C(c2ccc(N)cc2)c2ccc(N)cc2)C=C1. The van der Waals surface area contributed by atoms with Crippen LogP contribution in [0.4, 0.5) is 11.4 Å². The molecule has 8 N–H and O–H groups in total. The topological polar surface area (TPSA) is 155 Å². The van der Waals surface area contributed by atoms with Gasteiger partial charge in [-0.3, -0.25) is 4.99 Å². The molecular weight excluding hydrogens is 434 g/mol. The van der Waals surface area contributed by atoms with Gasteiger partial charge in [-0.05, 0) is 58.7 Å². The van der Waals surface area contributed by atoms with E-state index < -0.39 is 31.0 Å². The molecule has 0 spiro atoms. The summed E-state index contributed by atoms with van der Waals surface area (Å²) in [6.07, 6.45) is 2.04. The Labute approximate surface area is 198 Å². The summed E-state index contributed by atoms with van der Waals surface area (Å²) >= 11 is 0. The fraction of sp³-hybridized carbons (Fsp3) is 0.231. The van der Waals surface area contributed by atoms with E-state index in [-0.39, 0.29) is 6.54 Å². The first-order chi connectivity index (χ1) is 16.3. The molecule has 8 nitrogen and oxygen atoms in total. The summed E-state index contributed by atoms with van der Waals surface area (Å²) < 4.78 is 4.75. The molecule has 0 heterocycles. The number of anilines is 2. The molecule has 34 heavy (non-hydrogen) atoms. The number of hydrogen-bond acceptors (Lipinski definition) is 8. The van der Waals surface area contributed by atoms with Gasteiger partial charge in [0.25, 0.3) is 0 Å². The van der Waals surface area contributed by atoms with Gasteiger partial charge in [0.1, 0.15) is 24.4 Å². The molecule has 3 rings (SSSR count). The molecule has 0 saturated heterocycles. The van der Waals surface area contributed by atoms with Crippen LogP contribution in [0, 0.1) is 7.11 Å². The van der Waals surface area contributed by atoms with Crippen molar-refractivity contribution >= 4 is 22.7 Å². The molecule has 8 heteroatoms. The maximum absolute atomic E-state index is 10.2. The molecule has 2 aromatic carbocycles. The highest BCUT2D eigenvalue weighted by Crippen LogP contribution is 2.30. The molecule has 1 aliphatic carbocycles. The molecule has 0 aliphatic heterocycles. The van der Waals surface area contributed by atoms with Crippen molar-refractivity contribution in [3.8, 4) is 0 Å². The van der Waals surface area contributed by atoms with E-state index >= 15 is 0 Å². The molecule has 0 amide bonds. The van der Waals surface area contributed by atoms with Gasteiger partial charge in [-0.15, -0.1) is 0 Å². The van der Waals surface area contributed by atoms with Crippen LogP contribution in [0.25, 0.3) is 5.57 Å². The number of aliphatic imine (C=N–C) groups is 1. The maximum Gasteiger partial charge on any atom is 0.114 e. The number of ether oxygens (including phenoxy) is 1. The molecular formula is C26H30N3O5. The van der Waals surface area contributed by atoms with Crippen molar-refractivity contribution < 1.29 is 25.2 Å². The average molecular weight is 465 g/mol. The van der Waals surface area contributed by atoms with Crippen molar-refractivity contribution in [2.24, 2.45) is 4.99 Å². The number of aliphatic hydroxyl groups excluding tert-OH is 4. The number of nitrogens with zero attached hydrogens (tertiary/aromatic N) is 1. The Kier molecular flexibility index (Phi) is 8.75. The first-order valence-electron chi connectivity index (χ1n) is 10.8. The van der Waals surface area contributed by atoms with Crippen molar-refractivity contribution in [2.75, 3.05) is 24.6 Å². The van der Waals surface area contributed by atoms with E-state index in [2.05, 4.69) is 12.1 Å². The predicted molar refractivity (Wildman–Crippen MR) is 134 cm³/mol. The van der Waals surface area contributed by atoms with Gasteiger partial charge in [-0.1, -0.05) is 36.4 Å². The zero-order chi connectivity index (χ0) is 24.7. The minimum absolute atomic E-state index is 0.134. The molecule has 1 radical (unpaired) electrons. The standard InChI is InChI=1S/C26H30N3O5/c1-34-26(23(32)15-30)25(33)22(31)14-29-21-12-6-18(7-13-21)24(16-2-8-19(27)9-3-16)17-4-10-20(28)11-5-17/h2-13,22-23,25-26,30-33H,1,14-15,27-28H2. The fourth-order valence-corrected chi connectivity index (χ4v) is 3.60. The summed E-state index contributed by atoms with van der Waals surface area (Å²) in [5.74, 6) is 0. The van der Waals surface area contributed by atoms with E-state index in [4.69, 9.17) is 21.3 Å². The summed E-state index contributed by atoms with van der Waals surface area (Å²) in [6.45, 7) is -0.769. The van der Waals surface area contributed by atoms with Crippen molar-refractivity contribution in [3.05, 3.63) is 96.6 Å². The van der Waals surface area contributed by atoms with Crippen molar-refractivity contribution in [3.63, 3.8) is 0 Å². The monoisotopic (exact) mass is 464 g/mol. The van der Waals surface area contributed by atoms with E-state index in [0.717, 1.165) is 22.3 Å². The number of allylic oxidation sites excluding steroid dienone is 5. The summed E-state index contributed by atoms with van der Waals surface area (Å²) in [5.41, 5.74) is 17.6. The molecule has 1 aliphatic rings. The van der Waals surface area contributed by atoms with Gasteiger partial charge in [0.15, 0.2) is 0 Å². The maximum atomic E-state index is 10.2. The Balaban J connectivity index is 1.82. The molecule has 0 bridgehead atoms. The third kappa shape index (κ3) is 6.19. The van der Waals surface area contributed by atoms with Crippen LogP contribution in [0.1, 0.15) is 11.1 Å². The second kappa shape index (κ2) is 11.7. The normalized spacial score (nSPS) is 16.7. The van der Waals surface area contributed by atoms with Crippen LogP contribution in [0.2, 0.25) is 0 Å². The number of benzene rings is 2. The minimum Gasteiger partial charge on any atom is -0.399 e. The zero-order valence-corrected chi connectivity index (χ0v) is 18.7. The third-order valence-electron chi connectivity index (χ3n) is 5.51. The quantitative estimate of drug-likeness (QED) is 0.307. The molecule has 4 atom stereocenters. The summed E-state index contributed by atoms with van der Waals surface area (Å²) in [7, 11) is 3.17. The number of nitrogen functional groups attached to an aromatic ring is 2. The highest BCUT2D eigenvalue weighted by Gasteiger charge is 2.31. The summed E-state index contributed by atoms with van der Waals surface area (Å²) in [4.78, 5) is 4.33. The van der Waals surface area contributed by atoms with Gasteiger partial charge in [-0.2, -0.15) is 0 Å². The van der Waals surface area contributed by atoms with Crippen LogP contribution < -0.4 is 11.5 Å². The van der Waals surface area contributed by atoms with Crippen LogP contribution in [-0.4, -0.2) is 63.7 Å². The smallest absolute Gasteiger partial charge is 0.114 e. The van der Waals surface area contributed by atoms with Gasteiger partial charge in [0.05, 0.1) is 26.0 Å². The second-order valence-corrected chi connectivity index (χ2v) is 7.95. The lowest BCUT2D eigenvalue weighted by atomic mass is 9.90. The van der Waals surface area contributed by atoms with Crippen molar-refractivity contribution in [1.82, 2.24) is 0 Å². The average Bonchev–Trinajstić information content (AvgIpc) is 2.86. The molecule has 179 valence electrons. The first kappa shape index (κ1) is 25.4. The van der Waals surface area contributed by atoms with Gasteiger partial charge in [0, 0.05) is 11.4 Å². The second-order valence-electron chi connectivity index (χ2n) is 7.95. The van der Waals surface area contributed by atoms with Crippen molar-refractivity contribution in [2.45, 2.75) is 24.4 Å². The lowest BCUT2D eigenvalue weighted by Crippen LogP contribution is -2.47. The highest BCUT2D eigenvalue weighted by molar-refractivity contribution is 6.07. The van der Waals surface area contributed by atoms with Crippen molar-refractivity contribution in [1.29, 1.82) is 0 Å². The van der Waals surface area contributed by atoms with E-state index in [1.54, 1.807) is 12.2 Å². The van der Waals surface area contributed by atoms with Crippen LogP contribution >= 0.6 is 0 Å². The summed E-state index contributed by atoms with van der Waals surface area (Å²) in [5, 5.41) is 39.2.